The van der Waals surface area contributed by atoms with Crippen molar-refractivity contribution in [2.45, 2.75) is 6.42 Å². The van der Waals surface area contributed by atoms with Gasteiger partial charge in [0.2, 0.25) is 0 Å². The van der Waals surface area contributed by atoms with Crippen LogP contribution in [0.2, 0.25) is 0 Å². The van der Waals surface area contributed by atoms with Gasteiger partial charge in [-0.25, -0.2) is 0 Å². The minimum atomic E-state index is -0.435. The predicted molar refractivity (Wildman–Crippen MR) is 68.4 cm³/mol. The molecule has 0 spiro atoms. The second-order valence-corrected chi connectivity index (χ2v) is 4.57. The van der Waals surface area contributed by atoms with Crippen LogP contribution in [-0.2, 0) is 16.0 Å². The number of nitrogens with zero attached hydrogens (tertiary/aromatic N) is 1. The highest BCUT2D eigenvalue weighted by Gasteiger charge is 2.15. The number of hydrogen-bond acceptors (Lipinski definition) is 4. The lowest BCUT2D eigenvalue weighted by molar-refractivity contribution is -0.383. The quantitative estimate of drug-likeness (QED) is 0.398. The normalized spacial score (nSPS) is 10.5. The van der Waals surface area contributed by atoms with Crippen molar-refractivity contribution in [2.75, 3.05) is 6.61 Å². The number of ether oxygens (including phenoxy) is 1. The largest absolute Gasteiger partial charge is 0.467 e. The molecule has 0 radical (unpaired) electrons. The number of aromatic nitrogens is 1. The molecule has 0 atom stereocenters. The van der Waals surface area contributed by atoms with Crippen LogP contribution < -0.4 is 0 Å². The predicted octanol–water partition coefficient (Wildman–Crippen LogP) is 2.55. The van der Waals surface area contributed by atoms with Crippen LogP contribution in [0.25, 0.3) is 10.9 Å². The van der Waals surface area contributed by atoms with E-state index in [1.807, 2.05) is 0 Å². The molecule has 18 heavy (non-hydrogen) atoms. The molecule has 0 aliphatic heterocycles. The number of nitro groups is 1. The number of nitrogens with one attached hydrogen (secondary N) is 1. The summed E-state index contributed by atoms with van der Waals surface area (Å²) in [4.78, 5) is 23.5. The van der Waals surface area contributed by atoms with Gasteiger partial charge in [-0.15, -0.1) is 0 Å². The second kappa shape index (κ2) is 5.18. The molecule has 6 nitrogen and oxygen atoms in total. The van der Waals surface area contributed by atoms with Crippen LogP contribution in [0, 0.1) is 10.1 Å². The summed E-state index contributed by atoms with van der Waals surface area (Å²) in [6, 6.07) is 5.05. The topological polar surface area (TPSA) is 85.2 Å². The number of benzene rings is 1. The van der Waals surface area contributed by atoms with Gasteiger partial charge in [-0.3, -0.25) is 14.9 Å². The fourth-order valence-corrected chi connectivity index (χ4v) is 2.21. The first-order valence-electron chi connectivity index (χ1n) is 5.12. The summed E-state index contributed by atoms with van der Waals surface area (Å²) in [6.45, 7) is 0.618. The maximum absolute atomic E-state index is 10.9. The van der Waals surface area contributed by atoms with Crippen molar-refractivity contribution in [2.24, 2.45) is 0 Å². The Hall–Kier alpha value is -1.89. The Morgan fingerprint density at radius 1 is 1.44 bits per heavy atom. The van der Waals surface area contributed by atoms with Crippen LogP contribution in [-0.4, -0.2) is 23.0 Å². The van der Waals surface area contributed by atoms with Crippen LogP contribution in [0.1, 0.15) is 5.69 Å². The molecule has 2 rings (SSSR count). The number of nitro benzene ring substituents is 1. The molecule has 1 N–H and O–H groups in total. The summed E-state index contributed by atoms with van der Waals surface area (Å²) < 4.78 is 5.24. The van der Waals surface area contributed by atoms with Crippen LogP contribution >= 0.6 is 15.9 Å². The van der Waals surface area contributed by atoms with E-state index in [2.05, 4.69) is 25.7 Å². The Bertz CT molecular complexity index is 608. The van der Waals surface area contributed by atoms with Crippen molar-refractivity contribution in [3.63, 3.8) is 0 Å². The van der Waals surface area contributed by atoms with Crippen LogP contribution in [0.15, 0.2) is 22.7 Å². The molecule has 0 fully saturated rings. The number of non-ortho nitro benzene ring substituents is 1. The molecule has 2 aromatic rings. The zero-order chi connectivity index (χ0) is 13.1. The molecule has 7 heteroatoms. The zero-order valence-electron chi connectivity index (χ0n) is 9.18. The van der Waals surface area contributed by atoms with E-state index in [-0.39, 0.29) is 12.3 Å². The Balaban J connectivity index is 2.40. The molecular formula is C11H9BrN2O4. The van der Waals surface area contributed by atoms with E-state index >= 15 is 0 Å². The van der Waals surface area contributed by atoms with Gasteiger partial charge in [0.1, 0.15) is 5.52 Å². The molecule has 0 bridgehead atoms. The van der Waals surface area contributed by atoms with Gasteiger partial charge in [0.25, 0.3) is 12.2 Å². The Labute approximate surface area is 110 Å². The SMILES string of the molecule is O=COCCc1cc2cc(Br)cc([N+](=O)[O-])c2[nH]1. The van der Waals surface area contributed by atoms with E-state index in [9.17, 15) is 14.9 Å². The smallest absolute Gasteiger partial charge is 0.294 e. The minimum absolute atomic E-state index is 0.0157. The number of hydrogen-bond donors (Lipinski definition) is 1. The number of rotatable bonds is 5. The zero-order valence-corrected chi connectivity index (χ0v) is 10.8. The summed E-state index contributed by atoms with van der Waals surface area (Å²) in [5, 5.41) is 11.7. The molecule has 0 saturated carbocycles. The van der Waals surface area contributed by atoms with Gasteiger partial charge in [0.05, 0.1) is 11.5 Å². The molecule has 0 amide bonds. The van der Waals surface area contributed by atoms with E-state index in [0.717, 1.165) is 11.1 Å². The van der Waals surface area contributed by atoms with Gasteiger partial charge in [-0.05, 0) is 12.1 Å². The van der Waals surface area contributed by atoms with Crippen molar-refractivity contribution in [1.29, 1.82) is 0 Å². The van der Waals surface area contributed by atoms with Crippen molar-refractivity contribution in [3.8, 4) is 0 Å². The summed E-state index contributed by atoms with van der Waals surface area (Å²) in [7, 11) is 0. The molecular weight excluding hydrogens is 304 g/mol. The molecule has 1 aromatic carbocycles. The molecule has 0 unspecified atom stereocenters. The van der Waals surface area contributed by atoms with Crippen LogP contribution in [0.3, 0.4) is 0 Å². The lowest BCUT2D eigenvalue weighted by atomic mass is 10.2. The number of halogens is 1. The highest BCUT2D eigenvalue weighted by molar-refractivity contribution is 9.10. The first-order valence-corrected chi connectivity index (χ1v) is 5.92. The maximum Gasteiger partial charge on any atom is 0.294 e. The number of aromatic amines is 1. The van der Waals surface area contributed by atoms with E-state index in [1.54, 1.807) is 12.1 Å². The first kappa shape index (κ1) is 12.6. The van der Waals surface area contributed by atoms with E-state index < -0.39 is 4.92 Å². The maximum atomic E-state index is 10.9. The Morgan fingerprint density at radius 2 is 2.22 bits per heavy atom. The van der Waals surface area contributed by atoms with Crippen molar-refractivity contribution >= 4 is 39.0 Å². The van der Waals surface area contributed by atoms with Gasteiger partial charge in [-0.1, -0.05) is 15.9 Å². The van der Waals surface area contributed by atoms with E-state index in [4.69, 9.17) is 0 Å². The summed E-state index contributed by atoms with van der Waals surface area (Å²) in [6.07, 6.45) is 0.488. The van der Waals surface area contributed by atoms with Crippen molar-refractivity contribution < 1.29 is 14.5 Å². The molecule has 0 aliphatic carbocycles. The third kappa shape index (κ3) is 2.51. The van der Waals surface area contributed by atoms with Crippen LogP contribution in [0.5, 0.6) is 0 Å². The fraction of sp³-hybridized carbons (Fsp3) is 0.182. The number of fused-ring (bicyclic) bond motifs is 1. The van der Waals surface area contributed by atoms with Gasteiger partial charge < -0.3 is 9.72 Å². The van der Waals surface area contributed by atoms with E-state index in [1.165, 1.54) is 6.07 Å². The van der Waals surface area contributed by atoms with Gasteiger partial charge >= 0.3 is 0 Å². The molecule has 94 valence electrons. The Morgan fingerprint density at radius 3 is 2.89 bits per heavy atom. The third-order valence-corrected chi connectivity index (χ3v) is 2.94. The lowest BCUT2D eigenvalue weighted by Crippen LogP contribution is -1.96. The number of carbonyl (C=O) groups excluding carboxylic acids is 1. The molecule has 1 aromatic heterocycles. The lowest BCUT2D eigenvalue weighted by Gasteiger charge is -1.96. The molecule has 0 saturated heterocycles. The van der Waals surface area contributed by atoms with E-state index in [0.29, 0.717) is 22.9 Å². The van der Waals surface area contributed by atoms with Gasteiger partial charge in [0, 0.05) is 28.0 Å². The summed E-state index contributed by atoms with van der Waals surface area (Å²) >= 11 is 3.24. The summed E-state index contributed by atoms with van der Waals surface area (Å²) in [5.41, 5.74) is 1.28. The summed E-state index contributed by atoms with van der Waals surface area (Å²) in [5.74, 6) is 0. The molecule has 0 aliphatic rings. The monoisotopic (exact) mass is 312 g/mol. The number of H-pyrrole nitrogens is 1. The Kier molecular flexibility index (Phi) is 3.61. The standard InChI is InChI=1S/C11H9BrN2O4/c12-8-3-7-4-9(1-2-18-6-15)13-11(7)10(5-8)14(16)17/h3-6,13H,1-2H2. The minimum Gasteiger partial charge on any atom is -0.467 e. The van der Waals surface area contributed by atoms with Crippen molar-refractivity contribution in [1.82, 2.24) is 4.98 Å². The van der Waals surface area contributed by atoms with Gasteiger partial charge in [0.15, 0.2) is 0 Å². The van der Waals surface area contributed by atoms with Crippen molar-refractivity contribution in [3.05, 3.63) is 38.5 Å². The average Bonchev–Trinajstić information content (AvgIpc) is 2.70. The third-order valence-electron chi connectivity index (χ3n) is 2.48. The molecule has 1 heterocycles. The highest BCUT2D eigenvalue weighted by atomic mass is 79.9. The fourth-order valence-electron chi connectivity index (χ4n) is 1.74. The van der Waals surface area contributed by atoms with Crippen LogP contribution in [0.4, 0.5) is 5.69 Å². The number of carbonyl (C=O) groups is 1. The second-order valence-electron chi connectivity index (χ2n) is 3.66. The highest BCUT2D eigenvalue weighted by Crippen LogP contribution is 2.30. The van der Waals surface area contributed by atoms with Gasteiger partial charge in [-0.2, -0.15) is 0 Å². The first-order chi connectivity index (χ1) is 8.61. The average molecular weight is 313 g/mol.